The maximum absolute atomic E-state index is 8.66. The summed E-state index contributed by atoms with van der Waals surface area (Å²) in [6, 6.07) is 0. The molecule has 4 N–H and O–H groups in total. The zero-order chi connectivity index (χ0) is 14.0. The average molecular weight is 286 g/mol. The Balaban J connectivity index is 0. The van der Waals surface area contributed by atoms with E-state index in [0.717, 1.165) is 6.42 Å². The quantitative estimate of drug-likeness (QED) is 0.279. The zero-order valence-corrected chi connectivity index (χ0v) is 13.9. The van der Waals surface area contributed by atoms with Gasteiger partial charge in [-0.25, -0.2) is 0 Å². The van der Waals surface area contributed by atoms with Crippen molar-refractivity contribution in [3.05, 3.63) is 12.2 Å². The number of allylic oxidation sites excluding steroid dienone is 2. The molecule has 0 bridgehead atoms. The van der Waals surface area contributed by atoms with Crippen LogP contribution in [0.1, 0.15) is 96.8 Å². The molecule has 0 radical (unpaired) electrons. The Labute approximate surface area is 127 Å². The van der Waals surface area contributed by atoms with Gasteiger partial charge in [0.1, 0.15) is 0 Å². The summed E-state index contributed by atoms with van der Waals surface area (Å²) in [5.74, 6) is 0. The third-order valence-electron chi connectivity index (χ3n) is 3.67. The molecule has 122 valence electrons. The number of hydrogen-bond donors (Lipinski definition) is 2. The van der Waals surface area contributed by atoms with Crippen molar-refractivity contribution in [2.24, 2.45) is 0 Å². The lowest BCUT2D eigenvalue weighted by atomic mass is 10.1. The van der Waals surface area contributed by atoms with E-state index in [0.29, 0.717) is 6.61 Å². The number of rotatable bonds is 15. The van der Waals surface area contributed by atoms with E-state index in [2.05, 4.69) is 19.1 Å². The largest absolute Gasteiger partial charge is 0.396 e. The minimum Gasteiger partial charge on any atom is -0.396 e. The predicted molar refractivity (Wildman–Crippen MR) is 91.6 cm³/mol. The highest BCUT2D eigenvalue weighted by atomic mass is 16.2. The van der Waals surface area contributed by atoms with Gasteiger partial charge in [0.15, 0.2) is 0 Å². The molecule has 0 spiro atoms. The van der Waals surface area contributed by atoms with E-state index in [9.17, 15) is 0 Å². The second-order valence-electron chi connectivity index (χ2n) is 5.66. The monoisotopic (exact) mass is 285 g/mol. The van der Waals surface area contributed by atoms with Gasteiger partial charge in [-0.2, -0.15) is 0 Å². The van der Waals surface area contributed by atoms with Gasteiger partial charge in [-0.3, -0.25) is 0 Å². The second-order valence-corrected chi connectivity index (χ2v) is 5.66. The lowest BCUT2D eigenvalue weighted by Crippen LogP contribution is -1.83. The number of aliphatic hydroxyl groups excluding tert-OH is 1. The van der Waals surface area contributed by atoms with Crippen LogP contribution in [0.4, 0.5) is 0 Å². The highest BCUT2D eigenvalue weighted by Gasteiger charge is 1.90. The molecule has 2 heteroatoms. The van der Waals surface area contributed by atoms with Crippen molar-refractivity contribution in [2.75, 3.05) is 6.61 Å². The summed E-state index contributed by atoms with van der Waals surface area (Å²) in [4.78, 5) is 0. The van der Waals surface area contributed by atoms with E-state index in [1.165, 1.54) is 83.5 Å². The van der Waals surface area contributed by atoms with Crippen molar-refractivity contribution < 1.29 is 5.11 Å². The normalized spacial score (nSPS) is 10.9. The minimum atomic E-state index is 0. The molecule has 0 rings (SSSR count). The Morgan fingerprint density at radius 2 is 1.00 bits per heavy atom. The van der Waals surface area contributed by atoms with Gasteiger partial charge in [0.2, 0.25) is 0 Å². The maximum Gasteiger partial charge on any atom is 0.0431 e. The lowest BCUT2D eigenvalue weighted by molar-refractivity contribution is 0.282. The van der Waals surface area contributed by atoms with Gasteiger partial charge in [-0.15, -0.1) is 0 Å². The summed E-state index contributed by atoms with van der Waals surface area (Å²) in [6.07, 6.45) is 23.2. The van der Waals surface area contributed by atoms with Crippen molar-refractivity contribution in [1.82, 2.24) is 6.15 Å². The van der Waals surface area contributed by atoms with Gasteiger partial charge in [0.25, 0.3) is 0 Å². The number of hydrogen-bond acceptors (Lipinski definition) is 2. The number of aliphatic hydroxyl groups is 1. The van der Waals surface area contributed by atoms with E-state index in [1.54, 1.807) is 0 Å². The van der Waals surface area contributed by atoms with Crippen LogP contribution < -0.4 is 6.15 Å². The van der Waals surface area contributed by atoms with Crippen LogP contribution in [0.2, 0.25) is 0 Å². The molecule has 0 saturated carbocycles. The van der Waals surface area contributed by atoms with Crippen LogP contribution in [0.15, 0.2) is 12.2 Å². The van der Waals surface area contributed by atoms with Crippen LogP contribution in [0.5, 0.6) is 0 Å². The first-order valence-electron chi connectivity index (χ1n) is 8.67. The predicted octanol–water partition coefficient (Wildman–Crippen LogP) is 6.18. The van der Waals surface area contributed by atoms with Gasteiger partial charge in [-0.1, -0.05) is 76.9 Å². The Kier molecular flexibility index (Phi) is 23.0. The second kappa shape index (κ2) is 21.0. The first-order valence-corrected chi connectivity index (χ1v) is 8.67. The smallest absolute Gasteiger partial charge is 0.0431 e. The Bertz CT molecular complexity index is 180. The summed E-state index contributed by atoms with van der Waals surface area (Å²) in [5, 5.41) is 8.66. The molecular formula is C18H39NO. The number of unbranched alkanes of at least 4 members (excludes halogenated alkanes) is 12. The third-order valence-corrected chi connectivity index (χ3v) is 3.67. The standard InChI is InChI=1S/C18H36O.H3N/c1-2-3-4-5-6-7-8-9-10-11-12-13-14-15-16-17-18-19;/h9-10,19H,2-8,11-18H2,1H3;1H3/b10-9-;. The molecule has 0 aromatic rings. The van der Waals surface area contributed by atoms with Crippen molar-refractivity contribution in [3.8, 4) is 0 Å². The fourth-order valence-corrected chi connectivity index (χ4v) is 2.36. The highest BCUT2D eigenvalue weighted by Crippen LogP contribution is 2.09. The first kappa shape index (κ1) is 21.9. The van der Waals surface area contributed by atoms with E-state index < -0.39 is 0 Å². The van der Waals surface area contributed by atoms with Crippen LogP contribution in [-0.2, 0) is 0 Å². The average Bonchev–Trinajstić information content (AvgIpc) is 2.43. The van der Waals surface area contributed by atoms with Gasteiger partial charge in [0, 0.05) is 6.61 Å². The zero-order valence-electron chi connectivity index (χ0n) is 13.9. The van der Waals surface area contributed by atoms with Gasteiger partial charge < -0.3 is 11.3 Å². The molecule has 0 aromatic heterocycles. The van der Waals surface area contributed by atoms with Gasteiger partial charge >= 0.3 is 0 Å². The van der Waals surface area contributed by atoms with E-state index in [-0.39, 0.29) is 6.15 Å². The molecule has 0 fully saturated rings. The first-order chi connectivity index (χ1) is 9.41. The summed E-state index contributed by atoms with van der Waals surface area (Å²) in [7, 11) is 0. The summed E-state index contributed by atoms with van der Waals surface area (Å²) in [5.41, 5.74) is 0. The Morgan fingerprint density at radius 1 is 0.600 bits per heavy atom. The molecule has 0 amide bonds. The molecule has 0 saturated heterocycles. The molecular weight excluding hydrogens is 246 g/mol. The topological polar surface area (TPSA) is 55.2 Å². The SMILES string of the molecule is CCCCCCCC/C=C\CCCCCCCCO.N. The van der Waals surface area contributed by atoms with Crippen molar-refractivity contribution in [3.63, 3.8) is 0 Å². The van der Waals surface area contributed by atoms with E-state index in [1.807, 2.05) is 0 Å². The van der Waals surface area contributed by atoms with Crippen LogP contribution in [0.25, 0.3) is 0 Å². The minimum absolute atomic E-state index is 0. The molecule has 0 aliphatic heterocycles. The summed E-state index contributed by atoms with van der Waals surface area (Å²) in [6.45, 7) is 2.64. The van der Waals surface area contributed by atoms with Crippen LogP contribution in [-0.4, -0.2) is 11.7 Å². The van der Waals surface area contributed by atoms with Crippen molar-refractivity contribution >= 4 is 0 Å². The van der Waals surface area contributed by atoms with E-state index >= 15 is 0 Å². The molecule has 0 heterocycles. The molecule has 0 aliphatic carbocycles. The molecule has 20 heavy (non-hydrogen) atoms. The van der Waals surface area contributed by atoms with Crippen molar-refractivity contribution in [1.29, 1.82) is 0 Å². The maximum atomic E-state index is 8.66. The fourth-order valence-electron chi connectivity index (χ4n) is 2.36. The Hall–Kier alpha value is -0.340. The Morgan fingerprint density at radius 3 is 1.45 bits per heavy atom. The third kappa shape index (κ3) is 20.0. The van der Waals surface area contributed by atoms with Crippen LogP contribution in [0, 0.1) is 0 Å². The molecule has 0 unspecified atom stereocenters. The highest BCUT2D eigenvalue weighted by molar-refractivity contribution is 4.81. The van der Waals surface area contributed by atoms with Crippen LogP contribution >= 0.6 is 0 Å². The molecule has 0 aliphatic rings. The molecule has 0 atom stereocenters. The van der Waals surface area contributed by atoms with Crippen molar-refractivity contribution in [2.45, 2.75) is 96.8 Å². The lowest BCUT2D eigenvalue weighted by Gasteiger charge is -1.99. The summed E-state index contributed by atoms with van der Waals surface area (Å²) < 4.78 is 0. The van der Waals surface area contributed by atoms with Crippen LogP contribution in [0.3, 0.4) is 0 Å². The molecule has 0 aromatic carbocycles. The fraction of sp³-hybridized carbons (Fsp3) is 0.889. The van der Waals surface area contributed by atoms with Gasteiger partial charge in [-0.05, 0) is 32.1 Å². The summed E-state index contributed by atoms with van der Waals surface area (Å²) >= 11 is 0. The molecule has 2 nitrogen and oxygen atoms in total. The van der Waals surface area contributed by atoms with E-state index in [4.69, 9.17) is 5.11 Å². The van der Waals surface area contributed by atoms with Gasteiger partial charge in [0.05, 0.1) is 0 Å².